The van der Waals surface area contributed by atoms with Crippen molar-refractivity contribution in [1.29, 1.82) is 0 Å². The lowest BCUT2D eigenvalue weighted by Crippen LogP contribution is -2.59. The van der Waals surface area contributed by atoms with Crippen molar-refractivity contribution in [2.45, 2.75) is 62.3 Å². The highest BCUT2D eigenvalue weighted by Gasteiger charge is 2.41. The van der Waals surface area contributed by atoms with Crippen LogP contribution >= 0.6 is 0 Å². The molecule has 39 heavy (non-hydrogen) atoms. The zero-order valence-electron chi connectivity index (χ0n) is 22.7. The van der Waals surface area contributed by atoms with Gasteiger partial charge in [0, 0.05) is 41.5 Å². The lowest BCUT2D eigenvalue weighted by Gasteiger charge is -2.39. The summed E-state index contributed by atoms with van der Waals surface area (Å²) in [6.07, 6.45) is 9.42. The fraction of sp³-hybridized carbons (Fsp3) is 0.375. The summed E-state index contributed by atoms with van der Waals surface area (Å²) in [6, 6.07) is 20.9. The second-order valence-corrected chi connectivity index (χ2v) is 10.9. The monoisotopic (exact) mass is 524 g/mol. The molecule has 0 saturated heterocycles. The molecule has 0 spiro atoms. The van der Waals surface area contributed by atoms with E-state index in [1.165, 1.54) is 6.42 Å². The Morgan fingerprint density at radius 3 is 2.59 bits per heavy atom. The summed E-state index contributed by atoms with van der Waals surface area (Å²) in [7, 11) is 1.56. The van der Waals surface area contributed by atoms with Gasteiger partial charge in [0.25, 0.3) is 5.91 Å². The molecule has 2 heterocycles. The summed E-state index contributed by atoms with van der Waals surface area (Å²) in [5.41, 5.74) is 2.02. The van der Waals surface area contributed by atoms with Crippen molar-refractivity contribution in [3.8, 4) is 5.75 Å². The molecule has 1 aliphatic carbocycles. The van der Waals surface area contributed by atoms with Crippen molar-refractivity contribution in [2.75, 3.05) is 13.7 Å². The number of ether oxygens (including phenoxy) is 1. The van der Waals surface area contributed by atoms with Gasteiger partial charge in [-0.05, 0) is 68.1 Å². The van der Waals surface area contributed by atoms with Gasteiger partial charge in [0.1, 0.15) is 11.3 Å². The third kappa shape index (κ3) is 5.72. The third-order valence-electron chi connectivity index (χ3n) is 8.19. The Kier molecular flexibility index (Phi) is 7.77. The van der Waals surface area contributed by atoms with Crippen molar-refractivity contribution in [3.63, 3.8) is 0 Å². The van der Waals surface area contributed by atoms with Gasteiger partial charge >= 0.3 is 0 Å². The van der Waals surface area contributed by atoms with Crippen molar-refractivity contribution >= 4 is 23.7 Å². The molecule has 2 unspecified atom stereocenters. The van der Waals surface area contributed by atoms with Crippen LogP contribution in [0.25, 0.3) is 0 Å². The first kappa shape index (κ1) is 26.6. The number of hydrogen-bond donors (Lipinski definition) is 2. The van der Waals surface area contributed by atoms with E-state index in [-0.39, 0.29) is 23.1 Å². The predicted octanol–water partition coefficient (Wildman–Crippen LogP) is 5.49. The average Bonchev–Trinajstić information content (AvgIpc) is 3.39. The fourth-order valence-electron chi connectivity index (χ4n) is 5.93. The highest BCUT2D eigenvalue weighted by atomic mass is 16.5. The minimum absolute atomic E-state index is 0.0954. The Morgan fingerprint density at radius 2 is 1.82 bits per heavy atom. The lowest BCUT2D eigenvalue weighted by molar-refractivity contribution is -0.127. The minimum atomic E-state index is -1.19. The smallest absolute Gasteiger partial charge is 0.252 e. The van der Waals surface area contributed by atoms with Crippen LogP contribution in [0.15, 0.2) is 77.9 Å². The number of aromatic nitrogens is 1. The number of carbonyl (C=O) groups is 2. The van der Waals surface area contributed by atoms with Crippen molar-refractivity contribution < 1.29 is 14.3 Å². The van der Waals surface area contributed by atoms with Crippen LogP contribution in [0, 0.1) is 0 Å². The van der Waals surface area contributed by atoms with Crippen LogP contribution in [0.5, 0.6) is 5.75 Å². The molecule has 0 bridgehead atoms. The Labute approximate surface area is 230 Å². The number of aliphatic imine (C=N–C) groups is 1. The Bertz CT molecular complexity index is 1350. The van der Waals surface area contributed by atoms with E-state index in [0.717, 1.165) is 42.6 Å². The number of rotatable bonds is 9. The van der Waals surface area contributed by atoms with E-state index in [9.17, 15) is 9.59 Å². The molecule has 2 aliphatic rings. The third-order valence-corrected chi connectivity index (χ3v) is 8.19. The number of amides is 2. The standard InChI is InChI=1S/C32H36N4O3/c1-31(20-24-21-34-27-14-5-4-13-26(24)27,36-29(37)23-11-10-12-25(19-23)39-2)30(38)35-22-32(16-7-3-8-17-32)28-15-6-9-18-33-28/h4-6,9-15,18-19,21,24H,3,7-8,16-17,20,22H2,1-2H3,(H,35,38)(H,36,37). The van der Waals surface area contributed by atoms with E-state index >= 15 is 0 Å². The zero-order valence-corrected chi connectivity index (χ0v) is 22.7. The Morgan fingerprint density at radius 1 is 1.03 bits per heavy atom. The topological polar surface area (TPSA) is 92.7 Å². The van der Waals surface area contributed by atoms with Gasteiger partial charge in [-0.2, -0.15) is 0 Å². The Hall–Kier alpha value is -4.00. The summed E-state index contributed by atoms with van der Waals surface area (Å²) in [5.74, 6) is -0.0495. The van der Waals surface area contributed by atoms with Gasteiger partial charge in [0.2, 0.25) is 5.91 Å². The SMILES string of the molecule is COc1cccc(C(=O)NC(C)(CC2C=Nc3ccccc32)C(=O)NCC2(c3ccccn3)CCCCC2)c1. The maximum Gasteiger partial charge on any atom is 0.252 e. The zero-order chi connectivity index (χ0) is 27.3. The van der Waals surface area contributed by atoms with Crippen molar-refractivity contribution in [3.05, 3.63) is 89.7 Å². The van der Waals surface area contributed by atoms with Crippen LogP contribution < -0.4 is 15.4 Å². The molecule has 1 aliphatic heterocycles. The highest BCUT2D eigenvalue weighted by molar-refractivity contribution is 5.99. The molecule has 1 aromatic heterocycles. The highest BCUT2D eigenvalue weighted by Crippen LogP contribution is 2.39. The van der Waals surface area contributed by atoms with E-state index in [4.69, 9.17) is 4.74 Å². The minimum Gasteiger partial charge on any atom is -0.497 e. The molecule has 3 aromatic rings. The van der Waals surface area contributed by atoms with Crippen LogP contribution in [-0.2, 0) is 10.2 Å². The van der Waals surface area contributed by atoms with E-state index in [1.807, 2.05) is 55.7 Å². The summed E-state index contributed by atoms with van der Waals surface area (Å²) < 4.78 is 5.31. The molecule has 5 rings (SSSR count). The number of pyridine rings is 1. The number of carbonyl (C=O) groups excluding carboxylic acids is 2. The van der Waals surface area contributed by atoms with Gasteiger partial charge in [-0.1, -0.05) is 49.6 Å². The maximum absolute atomic E-state index is 14.1. The molecule has 7 nitrogen and oxygen atoms in total. The largest absolute Gasteiger partial charge is 0.497 e. The van der Waals surface area contributed by atoms with Gasteiger partial charge < -0.3 is 15.4 Å². The van der Waals surface area contributed by atoms with Crippen LogP contribution in [0.3, 0.4) is 0 Å². The number of nitrogens with one attached hydrogen (secondary N) is 2. The van der Waals surface area contributed by atoms with Gasteiger partial charge in [-0.3, -0.25) is 19.6 Å². The summed E-state index contributed by atoms with van der Waals surface area (Å²) in [5, 5.41) is 6.32. The number of benzene rings is 2. The maximum atomic E-state index is 14.1. The molecule has 2 aromatic carbocycles. The van der Waals surface area contributed by atoms with E-state index in [1.54, 1.807) is 31.4 Å². The van der Waals surface area contributed by atoms with Gasteiger partial charge in [0.15, 0.2) is 0 Å². The number of fused-ring (bicyclic) bond motifs is 1. The molecule has 7 heteroatoms. The first-order valence-electron chi connectivity index (χ1n) is 13.7. The number of para-hydroxylation sites is 1. The van der Waals surface area contributed by atoms with Crippen LogP contribution in [-0.4, -0.2) is 42.2 Å². The van der Waals surface area contributed by atoms with Crippen LogP contribution in [0.2, 0.25) is 0 Å². The lowest BCUT2D eigenvalue weighted by atomic mass is 9.71. The van der Waals surface area contributed by atoms with Crippen LogP contribution in [0.1, 0.15) is 73.0 Å². The number of methoxy groups -OCH3 is 1. The summed E-state index contributed by atoms with van der Waals surface area (Å²) >= 11 is 0. The van der Waals surface area contributed by atoms with Gasteiger partial charge in [-0.15, -0.1) is 0 Å². The second-order valence-electron chi connectivity index (χ2n) is 10.9. The number of nitrogens with zero attached hydrogens (tertiary/aromatic N) is 2. The van der Waals surface area contributed by atoms with E-state index < -0.39 is 5.54 Å². The molecule has 0 radical (unpaired) electrons. The van der Waals surface area contributed by atoms with E-state index in [2.05, 4.69) is 26.7 Å². The molecular formula is C32H36N4O3. The quantitative estimate of drug-likeness (QED) is 0.387. The normalized spacial score (nSPS) is 19.0. The first-order chi connectivity index (χ1) is 18.9. The van der Waals surface area contributed by atoms with E-state index in [0.29, 0.717) is 24.3 Å². The fourth-order valence-corrected chi connectivity index (χ4v) is 5.93. The summed E-state index contributed by atoms with van der Waals surface area (Å²) in [6.45, 7) is 2.28. The second kappa shape index (κ2) is 11.4. The van der Waals surface area contributed by atoms with Crippen molar-refractivity contribution in [1.82, 2.24) is 15.6 Å². The van der Waals surface area contributed by atoms with Crippen LogP contribution in [0.4, 0.5) is 5.69 Å². The number of hydrogen-bond acceptors (Lipinski definition) is 5. The molecule has 2 atom stereocenters. The molecule has 2 amide bonds. The molecule has 1 fully saturated rings. The molecule has 1 saturated carbocycles. The predicted molar refractivity (Wildman–Crippen MR) is 153 cm³/mol. The van der Waals surface area contributed by atoms with Gasteiger partial charge in [0.05, 0.1) is 12.8 Å². The van der Waals surface area contributed by atoms with Gasteiger partial charge in [-0.25, -0.2) is 0 Å². The Balaban J connectivity index is 1.40. The molecule has 2 N–H and O–H groups in total. The van der Waals surface area contributed by atoms with Crippen molar-refractivity contribution in [2.24, 2.45) is 4.99 Å². The molecular weight excluding hydrogens is 488 g/mol. The average molecular weight is 525 g/mol. The summed E-state index contributed by atoms with van der Waals surface area (Å²) in [4.78, 5) is 36.7. The first-order valence-corrected chi connectivity index (χ1v) is 13.7. The molecule has 202 valence electrons.